The molecule has 0 aliphatic heterocycles. The molecule has 0 aromatic heterocycles. The summed E-state index contributed by atoms with van der Waals surface area (Å²) in [5.74, 6) is -0.297. The van der Waals surface area contributed by atoms with Gasteiger partial charge in [-0.2, -0.15) is 0 Å². The maximum Gasteiger partial charge on any atom is 0.165 e. The zero-order valence-corrected chi connectivity index (χ0v) is 9.43. The van der Waals surface area contributed by atoms with Gasteiger partial charge in [0.25, 0.3) is 0 Å². The third-order valence-electron chi connectivity index (χ3n) is 2.61. The van der Waals surface area contributed by atoms with Crippen molar-refractivity contribution in [1.29, 1.82) is 0 Å². The van der Waals surface area contributed by atoms with Crippen molar-refractivity contribution >= 4 is 0 Å². The molecule has 2 aromatic carbocycles. The summed E-state index contributed by atoms with van der Waals surface area (Å²) in [7, 11) is 1.41. The number of methoxy groups -OCH3 is 1. The average Bonchev–Trinajstić information content (AvgIpc) is 2.39. The van der Waals surface area contributed by atoms with E-state index in [1.165, 1.54) is 19.2 Å². The lowest BCUT2D eigenvalue weighted by Gasteiger charge is -2.12. The van der Waals surface area contributed by atoms with Crippen LogP contribution in [0.15, 0.2) is 48.5 Å². The minimum atomic E-state index is -0.823. The van der Waals surface area contributed by atoms with Crippen molar-refractivity contribution < 1.29 is 14.2 Å². The van der Waals surface area contributed by atoms with Crippen molar-refractivity contribution in [2.24, 2.45) is 0 Å². The summed E-state index contributed by atoms with van der Waals surface area (Å²) in [5, 5.41) is 10.1. The molecule has 0 spiro atoms. The Hall–Kier alpha value is -1.87. The van der Waals surface area contributed by atoms with Crippen LogP contribution in [0, 0.1) is 5.82 Å². The molecule has 1 atom stereocenters. The van der Waals surface area contributed by atoms with E-state index in [9.17, 15) is 9.50 Å². The second-order valence-electron chi connectivity index (χ2n) is 3.71. The highest BCUT2D eigenvalue weighted by Crippen LogP contribution is 2.25. The van der Waals surface area contributed by atoms with Crippen molar-refractivity contribution in [2.75, 3.05) is 7.11 Å². The lowest BCUT2D eigenvalue weighted by atomic mass is 10.0. The summed E-state index contributed by atoms with van der Waals surface area (Å²) < 4.78 is 18.3. The van der Waals surface area contributed by atoms with Gasteiger partial charge in [-0.15, -0.1) is 0 Å². The number of hydrogen-bond donors (Lipinski definition) is 1. The van der Waals surface area contributed by atoms with E-state index < -0.39 is 11.9 Å². The molecule has 2 rings (SSSR count). The third kappa shape index (κ3) is 2.45. The predicted molar refractivity (Wildman–Crippen MR) is 63.5 cm³/mol. The lowest BCUT2D eigenvalue weighted by Crippen LogP contribution is -2.00. The van der Waals surface area contributed by atoms with Crippen molar-refractivity contribution in [2.45, 2.75) is 6.10 Å². The SMILES string of the molecule is COc1ccc(C(O)c2ccccc2)cc1F. The van der Waals surface area contributed by atoms with Crippen LogP contribution in [0.3, 0.4) is 0 Å². The minimum Gasteiger partial charge on any atom is -0.494 e. The molecule has 0 heterocycles. The van der Waals surface area contributed by atoms with Crippen LogP contribution in [0.2, 0.25) is 0 Å². The first-order valence-corrected chi connectivity index (χ1v) is 5.29. The number of ether oxygens (including phenoxy) is 1. The van der Waals surface area contributed by atoms with Crippen LogP contribution in [0.1, 0.15) is 17.2 Å². The van der Waals surface area contributed by atoms with E-state index >= 15 is 0 Å². The number of rotatable bonds is 3. The van der Waals surface area contributed by atoms with E-state index in [0.717, 1.165) is 5.56 Å². The lowest BCUT2D eigenvalue weighted by molar-refractivity contribution is 0.219. The molecule has 0 saturated heterocycles. The Morgan fingerprint density at radius 2 is 1.76 bits per heavy atom. The molecule has 0 aliphatic carbocycles. The first-order chi connectivity index (χ1) is 8.22. The maximum absolute atomic E-state index is 13.5. The Labute approximate surface area is 99.3 Å². The fourth-order valence-electron chi connectivity index (χ4n) is 1.68. The Bertz CT molecular complexity index is 497. The van der Waals surface area contributed by atoms with Crippen LogP contribution >= 0.6 is 0 Å². The summed E-state index contributed by atoms with van der Waals surface area (Å²) in [5.41, 5.74) is 1.24. The number of halogens is 1. The molecule has 3 heteroatoms. The molecule has 0 amide bonds. The van der Waals surface area contributed by atoms with Gasteiger partial charge in [-0.3, -0.25) is 0 Å². The first kappa shape index (κ1) is 11.6. The van der Waals surface area contributed by atoms with Crippen molar-refractivity contribution in [1.82, 2.24) is 0 Å². The van der Waals surface area contributed by atoms with Gasteiger partial charge < -0.3 is 9.84 Å². The molecule has 2 aromatic rings. The van der Waals surface area contributed by atoms with E-state index in [-0.39, 0.29) is 5.75 Å². The highest BCUT2D eigenvalue weighted by atomic mass is 19.1. The number of aliphatic hydroxyl groups is 1. The fourth-order valence-corrected chi connectivity index (χ4v) is 1.68. The molecule has 0 fully saturated rings. The average molecular weight is 232 g/mol. The van der Waals surface area contributed by atoms with Crippen LogP contribution in [0.25, 0.3) is 0 Å². The molecule has 2 nitrogen and oxygen atoms in total. The van der Waals surface area contributed by atoms with E-state index in [1.54, 1.807) is 18.2 Å². The second kappa shape index (κ2) is 4.97. The van der Waals surface area contributed by atoms with Gasteiger partial charge in [-0.05, 0) is 23.3 Å². The second-order valence-corrected chi connectivity index (χ2v) is 3.71. The van der Waals surface area contributed by atoms with Gasteiger partial charge in [-0.1, -0.05) is 36.4 Å². The zero-order valence-electron chi connectivity index (χ0n) is 9.43. The van der Waals surface area contributed by atoms with Crippen LogP contribution in [-0.4, -0.2) is 12.2 Å². The normalized spacial score (nSPS) is 12.2. The van der Waals surface area contributed by atoms with Crippen LogP contribution in [0.4, 0.5) is 4.39 Å². The van der Waals surface area contributed by atoms with Crippen molar-refractivity contribution in [3.8, 4) is 5.75 Å². The van der Waals surface area contributed by atoms with Crippen LogP contribution in [-0.2, 0) is 0 Å². The number of benzene rings is 2. The third-order valence-corrected chi connectivity index (χ3v) is 2.61. The smallest absolute Gasteiger partial charge is 0.165 e. The molecular weight excluding hydrogens is 219 g/mol. The van der Waals surface area contributed by atoms with Gasteiger partial charge in [-0.25, -0.2) is 4.39 Å². The Balaban J connectivity index is 2.32. The number of hydrogen-bond acceptors (Lipinski definition) is 2. The van der Waals surface area contributed by atoms with Gasteiger partial charge in [0, 0.05) is 0 Å². The molecule has 17 heavy (non-hydrogen) atoms. The van der Waals surface area contributed by atoms with Gasteiger partial charge in [0.15, 0.2) is 11.6 Å². The predicted octanol–water partition coefficient (Wildman–Crippen LogP) is 2.92. The summed E-state index contributed by atoms with van der Waals surface area (Å²) in [6, 6.07) is 13.6. The Morgan fingerprint density at radius 1 is 1.06 bits per heavy atom. The maximum atomic E-state index is 13.5. The fraction of sp³-hybridized carbons (Fsp3) is 0.143. The molecule has 88 valence electrons. The van der Waals surface area contributed by atoms with Gasteiger partial charge in [0.1, 0.15) is 6.10 Å². The van der Waals surface area contributed by atoms with Crippen molar-refractivity contribution in [3.05, 3.63) is 65.5 Å². The summed E-state index contributed by atoms with van der Waals surface area (Å²) >= 11 is 0. The van der Waals surface area contributed by atoms with Crippen LogP contribution < -0.4 is 4.74 Å². The van der Waals surface area contributed by atoms with Gasteiger partial charge in [0.05, 0.1) is 7.11 Å². The minimum absolute atomic E-state index is 0.175. The van der Waals surface area contributed by atoms with Gasteiger partial charge >= 0.3 is 0 Å². The molecule has 1 unspecified atom stereocenters. The highest BCUT2D eigenvalue weighted by Gasteiger charge is 2.12. The Kier molecular flexibility index (Phi) is 3.40. The van der Waals surface area contributed by atoms with E-state index in [4.69, 9.17) is 4.74 Å². The van der Waals surface area contributed by atoms with E-state index in [0.29, 0.717) is 5.56 Å². The summed E-state index contributed by atoms with van der Waals surface area (Å²) in [6.45, 7) is 0. The van der Waals surface area contributed by atoms with Crippen LogP contribution in [0.5, 0.6) is 5.75 Å². The quantitative estimate of drug-likeness (QED) is 0.881. The monoisotopic (exact) mass is 232 g/mol. The van der Waals surface area contributed by atoms with E-state index in [1.807, 2.05) is 18.2 Å². The molecular formula is C14H13FO2. The summed E-state index contributed by atoms with van der Waals surface area (Å²) in [4.78, 5) is 0. The molecule has 0 bridgehead atoms. The zero-order chi connectivity index (χ0) is 12.3. The highest BCUT2D eigenvalue weighted by molar-refractivity contribution is 5.35. The van der Waals surface area contributed by atoms with Gasteiger partial charge in [0.2, 0.25) is 0 Å². The molecule has 0 radical (unpaired) electrons. The topological polar surface area (TPSA) is 29.5 Å². The summed E-state index contributed by atoms with van der Waals surface area (Å²) in [6.07, 6.45) is -0.823. The van der Waals surface area contributed by atoms with E-state index in [2.05, 4.69) is 0 Å². The number of aliphatic hydroxyl groups excluding tert-OH is 1. The first-order valence-electron chi connectivity index (χ1n) is 5.29. The molecule has 1 N–H and O–H groups in total. The molecule has 0 aliphatic rings. The standard InChI is InChI=1S/C14H13FO2/c1-17-13-8-7-11(9-12(13)15)14(16)10-5-3-2-4-6-10/h2-9,14,16H,1H3. The largest absolute Gasteiger partial charge is 0.494 e. The van der Waals surface area contributed by atoms with Crippen molar-refractivity contribution in [3.63, 3.8) is 0 Å². The Morgan fingerprint density at radius 3 is 2.35 bits per heavy atom. The molecule has 0 saturated carbocycles.